The van der Waals surface area contributed by atoms with Crippen LogP contribution in [0.25, 0.3) is 17.0 Å². The molecule has 2 N–H and O–H groups in total. The Morgan fingerprint density at radius 1 is 1.28 bits per heavy atom. The number of fused-ring (bicyclic) bond motifs is 2. The summed E-state index contributed by atoms with van der Waals surface area (Å²) in [5.74, 6) is 0.344. The van der Waals surface area contributed by atoms with Gasteiger partial charge in [0.1, 0.15) is 18.3 Å². The Morgan fingerprint density at radius 3 is 2.78 bits per heavy atom. The summed E-state index contributed by atoms with van der Waals surface area (Å²) in [6, 6.07) is 6.21. The summed E-state index contributed by atoms with van der Waals surface area (Å²) in [6.07, 6.45) is 2.94. The Morgan fingerprint density at radius 2 is 2.06 bits per heavy atom. The van der Waals surface area contributed by atoms with Gasteiger partial charge in [0, 0.05) is 41.8 Å². The lowest BCUT2D eigenvalue weighted by molar-refractivity contribution is 0.343. The van der Waals surface area contributed by atoms with Crippen LogP contribution in [0.15, 0.2) is 39.9 Å². The van der Waals surface area contributed by atoms with E-state index in [1.165, 1.54) is 28.3 Å². The maximum absolute atomic E-state index is 13.6. The summed E-state index contributed by atoms with van der Waals surface area (Å²) < 4.78 is 22.4. The average Bonchev–Trinajstić information content (AvgIpc) is 3.42. The number of oxazole rings is 1. The summed E-state index contributed by atoms with van der Waals surface area (Å²) in [5.41, 5.74) is 3.21. The second-order valence-electron chi connectivity index (χ2n) is 11.0. The van der Waals surface area contributed by atoms with Gasteiger partial charge in [-0.05, 0) is 37.1 Å². The fourth-order valence-electron chi connectivity index (χ4n) is 4.66. The van der Waals surface area contributed by atoms with Gasteiger partial charge in [-0.2, -0.15) is 14.6 Å². The number of halogens is 1. The normalized spacial score (nSPS) is 15.4. The van der Waals surface area contributed by atoms with Crippen molar-refractivity contribution in [2.24, 2.45) is 0 Å². The molecule has 190 valence electrons. The van der Waals surface area contributed by atoms with Gasteiger partial charge in [0.15, 0.2) is 5.65 Å². The molecule has 9 nitrogen and oxygen atoms in total. The molecule has 3 aromatic heterocycles. The van der Waals surface area contributed by atoms with E-state index in [-0.39, 0.29) is 23.0 Å². The highest BCUT2D eigenvalue weighted by atomic mass is 19.1. The highest BCUT2D eigenvalue weighted by Crippen LogP contribution is 2.32. The Kier molecular flexibility index (Phi) is 5.74. The maximum Gasteiger partial charge on any atom is 0.323 e. The number of rotatable bonds is 6. The van der Waals surface area contributed by atoms with Crippen LogP contribution < -0.4 is 16.2 Å². The van der Waals surface area contributed by atoms with E-state index in [1.807, 2.05) is 19.9 Å². The minimum Gasteiger partial charge on any atom is -0.430 e. The van der Waals surface area contributed by atoms with Crippen molar-refractivity contribution in [2.75, 3.05) is 18.5 Å². The predicted octanol–water partition coefficient (Wildman–Crippen LogP) is 4.52. The summed E-state index contributed by atoms with van der Waals surface area (Å²) in [5, 5.41) is 7.08. The van der Waals surface area contributed by atoms with Crippen molar-refractivity contribution in [3.05, 3.63) is 57.8 Å². The fourth-order valence-corrected chi connectivity index (χ4v) is 4.66. The lowest BCUT2D eigenvalue weighted by Gasteiger charge is -2.33. The highest BCUT2D eigenvalue weighted by Gasteiger charge is 2.29. The molecule has 10 heteroatoms. The minimum atomic E-state index is -0.814. The molecule has 0 saturated heterocycles. The van der Waals surface area contributed by atoms with Crippen molar-refractivity contribution in [1.82, 2.24) is 29.6 Å². The lowest BCUT2D eigenvalue weighted by Crippen LogP contribution is -2.38. The van der Waals surface area contributed by atoms with Gasteiger partial charge in [-0.15, -0.1) is 0 Å². The number of hydrogen-bond acceptors (Lipinski definition) is 7. The molecule has 1 aliphatic rings. The lowest BCUT2D eigenvalue weighted by atomic mass is 9.79. The molecule has 0 fully saturated rings. The molecule has 0 saturated carbocycles. The first-order chi connectivity index (χ1) is 17.0. The van der Waals surface area contributed by atoms with Gasteiger partial charge in [-0.3, -0.25) is 9.18 Å². The van der Waals surface area contributed by atoms with Crippen LogP contribution in [0, 0.1) is 0 Å². The van der Waals surface area contributed by atoms with Crippen molar-refractivity contribution in [2.45, 2.75) is 65.0 Å². The fraction of sp³-hybridized carbons (Fsp3) is 0.462. The van der Waals surface area contributed by atoms with E-state index in [9.17, 15) is 9.18 Å². The second kappa shape index (κ2) is 8.55. The Balaban J connectivity index is 1.59. The first kappa shape index (κ1) is 24.2. The largest absolute Gasteiger partial charge is 0.430 e. The molecule has 0 amide bonds. The van der Waals surface area contributed by atoms with Gasteiger partial charge in [0.25, 0.3) is 5.56 Å². The molecule has 1 aliphatic heterocycles. The first-order valence-corrected chi connectivity index (χ1v) is 12.2. The van der Waals surface area contributed by atoms with Crippen LogP contribution in [0.1, 0.15) is 64.4 Å². The number of alkyl halides is 1. The first-order valence-electron chi connectivity index (χ1n) is 12.2. The summed E-state index contributed by atoms with van der Waals surface area (Å²) in [7, 11) is 0. The number of aromatic nitrogens is 5. The molecule has 4 heterocycles. The Hall–Kier alpha value is -3.53. The molecule has 0 unspecified atom stereocenters. The third-order valence-corrected chi connectivity index (χ3v) is 6.79. The van der Waals surface area contributed by atoms with Gasteiger partial charge in [0.05, 0.1) is 5.69 Å². The van der Waals surface area contributed by atoms with Gasteiger partial charge in [-0.1, -0.05) is 33.8 Å². The average molecular weight is 494 g/mol. The van der Waals surface area contributed by atoms with E-state index >= 15 is 0 Å². The molecule has 0 aliphatic carbocycles. The Labute approximate surface area is 208 Å². The van der Waals surface area contributed by atoms with E-state index in [4.69, 9.17) is 4.42 Å². The molecular weight excluding hydrogens is 461 g/mol. The van der Waals surface area contributed by atoms with E-state index in [1.54, 1.807) is 18.5 Å². The van der Waals surface area contributed by atoms with Crippen LogP contribution in [-0.4, -0.2) is 37.5 Å². The predicted molar refractivity (Wildman–Crippen MR) is 137 cm³/mol. The van der Waals surface area contributed by atoms with E-state index in [0.717, 1.165) is 18.8 Å². The van der Waals surface area contributed by atoms with Crippen LogP contribution >= 0.6 is 0 Å². The number of nitrogens with one attached hydrogen (secondary N) is 2. The number of hydrogen-bond donors (Lipinski definition) is 2. The zero-order valence-corrected chi connectivity index (χ0v) is 21.5. The van der Waals surface area contributed by atoms with Crippen LogP contribution in [0.5, 0.6) is 0 Å². The standard InChI is InChI=1S/C26H32FN7O2/c1-15(2)33-22(35)18-11-29-23(30-17-7-8-19-16(9-17)10-28-14-26(19,5)6)32-21(18)34(33)24-31-20(12-36-24)25(3,4)13-27/h7-9,11-12,15,28H,10,13-14H2,1-6H3,(H,29,30,32). The topological polar surface area (TPSA) is 103 Å². The SMILES string of the molecule is CC(C)n1c(=O)c2cnc(Nc3ccc4c(c3)CNCC4(C)C)nc2n1-c1nc(C(C)(C)CF)co1. The van der Waals surface area contributed by atoms with Crippen LogP contribution in [0.2, 0.25) is 0 Å². The van der Waals surface area contributed by atoms with Crippen molar-refractivity contribution in [3.63, 3.8) is 0 Å². The smallest absolute Gasteiger partial charge is 0.323 e. The molecule has 0 atom stereocenters. The molecule has 4 aromatic rings. The zero-order chi connectivity index (χ0) is 25.8. The summed E-state index contributed by atoms with van der Waals surface area (Å²) in [6.45, 7) is 12.9. The summed E-state index contributed by atoms with van der Waals surface area (Å²) in [4.78, 5) is 26.8. The number of anilines is 2. The number of nitrogens with zero attached hydrogens (tertiary/aromatic N) is 5. The van der Waals surface area contributed by atoms with Crippen molar-refractivity contribution >= 4 is 22.7 Å². The van der Waals surface area contributed by atoms with Crippen LogP contribution in [-0.2, 0) is 17.4 Å². The van der Waals surface area contributed by atoms with Crippen molar-refractivity contribution in [1.29, 1.82) is 0 Å². The van der Waals surface area contributed by atoms with Gasteiger partial charge in [-0.25, -0.2) is 9.67 Å². The van der Waals surface area contributed by atoms with Crippen molar-refractivity contribution < 1.29 is 8.81 Å². The number of benzene rings is 1. The maximum atomic E-state index is 13.6. The second-order valence-corrected chi connectivity index (χ2v) is 11.0. The van der Waals surface area contributed by atoms with Crippen LogP contribution in [0.4, 0.5) is 16.0 Å². The third-order valence-electron chi connectivity index (χ3n) is 6.79. The van der Waals surface area contributed by atoms with Gasteiger partial charge >= 0.3 is 6.01 Å². The minimum absolute atomic E-state index is 0.0585. The monoisotopic (exact) mass is 493 g/mol. The van der Waals surface area contributed by atoms with Gasteiger partial charge < -0.3 is 15.1 Å². The van der Waals surface area contributed by atoms with E-state index < -0.39 is 12.1 Å². The molecule has 0 spiro atoms. The van der Waals surface area contributed by atoms with E-state index in [2.05, 4.69) is 51.6 Å². The molecule has 5 rings (SSSR count). The molecule has 0 radical (unpaired) electrons. The highest BCUT2D eigenvalue weighted by molar-refractivity contribution is 5.76. The molecule has 1 aromatic carbocycles. The molecule has 0 bridgehead atoms. The van der Waals surface area contributed by atoms with E-state index in [0.29, 0.717) is 22.7 Å². The van der Waals surface area contributed by atoms with Crippen LogP contribution in [0.3, 0.4) is 0 Å². The van der Waals surface area contributed by atoms with Crippen molar-refractivity contribution in [3.8, 4) is 6.01 Å². The molecular formula is C26H32FN7O2. The Bertz CT molecular complexity index is 1500. The quantitative estimate of drug-likeness (QED) is 0.407. The van der Waals surface area contributed by atoms with Gasteiger partial charge in [0.2, 0.25) is 5.95 Å². The molecule has 36 heavy (non-hydrogen) atoms. The summed E-state index contributed by atoms with van der Waals surface area (Å²) >= 11 is 0. The third kappa shape index (κ3) is 3.99. The zero-order valence-electron chi connectivity index (χ0n) is 21.5.